The Morgan fingerprint density at radius 3 is 2.24 bits per heavy atom. The van der Waals surface area contributed by atoms with Crippen LogP contribution < -0.4 is 14.2 Å². The molecule has 0 unspecified atom stereocenters. The maximum atomic E-state index is 12.1. The first-order chi connectivity index (χ1) is 7.91. The normalized spacial score (nSPS) is 10.6. The minimum absolute atomic E-state index is 0.140. The Bertz CT molecular complexity index is 454. The van der Waals surface area contributed by atoms with E-state index in [9.17, 15) is 13.2 Å². The molecule has 0 aromatic carbocycles. The first-order valence-corrected chi connectivity index (χ1v) is 4.20. The van der Waals surface area contributed by atoms with Gasteiger partial charge in [0.15, 0.2) is 5.75 Å². The zero-order chi connectivity index (χ0) is 13.1. The number of pyridine rings is 1. The molecule has 1 heterocycles. The lowest BCUT2D eigenvalue weighted by atomic mass is 10.3. The molecule has 0 fully saturated rings. The van der Waals surface area contributed by atoms with E-state index >= 15 is 0 Å². The van der Waals surface area contributed by atoms with Crippen molar-refractivity contribution in [3.05, 3.63) is 11.6 Å². The van der Waals surface area contributed by atoms with Gasteiger partial charge in [0.25, 0.3) is 5.88 Å². The molecule has 0 N–H and O–H groups in total. The molecule has 92 valence electrons. The van der Waals surface area contributed by atoms with Crippen LogP contribution in [0.25, 0.3) is 0 Å². The summed E-state index contributed by atoms with van der Waals surface area (Å²) >= 11 is 0. The van der Waals surface area contributed by atoms with Crippen LogP contribution in [0.4, 0.5) is 13.2 Å². The van der Waals surface area contributed by atoms with Crippen LogP contribution in [0.2, 0.25) is 0 Å². The summed E-state index contributed by atoms with van der Waals surface area (Å²) < 4.78 is 49.2. The van der Waals surface area contributed by atoms with E-state index in [2.05, 4.69) is 14.5 Å². The zero-order valence-corrected chi connectivity index (χ0v) is 8.83. The van der Waals surface area contributed by atoms with E-state index in [4.69, 9.17) is 10.00 Å². The monoisotopic (exact) mass is 248 g/mol. The van der Waals surface area contributed by atoms with Crippen LogP contribution in [-0.4, -0.2) is 25.6 Å². The van der Waals surface area contributed by atoms with Crippen LogP contribution in [0.1, 0.15) is 5.56 Å². The molecule has 5 nitrogen and oxygen atoms in total. The number of nitriles is 1. The van der Waals surface area contributed by atoms with Crippen molar-refractivity contribution in [2.45, 2.75) is 6.36 Å². The molecule has 0 aliphatic rings. The van der Waals surface area contributed by atoms with Gasteiger partial charge in [-0.2, -0.15) is 10.2 Å². The number of methoxy groups -OCH3 is 2. The Kier molecular flexibility index (Phi) is 3.62. The third-order valence-corrected chi connectivity index (χ3v) is 1.65. The van der Waals surface area contributed by atoms with Crippen molar-refractivity contribution in [3.8, 4) is 23.6 Å². The summed E-state index contributed by atoms with van der Waals surface area (Å²) in [5.41, 5.74) is -0.187. The highest BCUT2D eigenvalue weighted by Gasteiger charge is 2.33. The summed E-state index contributed by atoms with van der Waals surface area (Å²) in [5.74, 6) is -1.26. The number of nitrogens with zero attached hydrogens (tertiary/aromatic N) is 2. The van der Waals surface area contributed by atoms with Gasteiger partial charge in [0.05, 0.1) is 14.2 Å². The van der Waals surface area contributed by atoms with Crippen LogP contribution in [-0.2, 0) is 0 Å². The molecule has 1 aromatic heterocycles. The molecule has 0 amide bonds. The Hall–Kier alpha value is -2.17. The molecule has 1 rings (SSSR count). The third-order valence-electron chi connectivity index (χ3n) is 1.65. The van der Waals surface area contributed by atoms with Gasteiger partial charge in [0, 0.05) is 6.07 Å². The van der Waals surface area contributed by atoms with Gasteiger partial charge >= 0.3 is 6.36 Å². The van der Waals surface area contributed by atoms with E-state index < -0.39 is 18.0 Å². The van der Waals surface area contributed by atoms with Gasteiger partial charge in [-0.1, -0.05) is 0 Å². The van der Waals surface area contributed by atoms with Crippen molar-refractivity contribution in [2.75, 3.05) is 14.2 Å². The van der Waals surface area contributed by atoms with E-state index in [0.717, 1.165) is 13.2 Å². The molecule has 0 saturated carbocycles. The maximum Gasteiger partial charge on any atom is 0.573 e. The number of ether oxygens (including phenoxy) is 3. The lowest BCUT2D eigenvalue weighted by Gasteiger charge is -2.13. The summed E-state index contributed by atoms with van der Waals surface area (Å²) in [6.07, 6.45) is -4.89. The third kappa shape index (κ3) is 3.14. The fourth-order valence-electron chi connectivity index (χ4n) is 1.04. The van der Waals surface area contributed by atoms with Crippen LogP contribution in [0.3, 0.4) is 0 Å². The van der Waals surface area contributed by atoms with Crippen molar-refractivity contribution in [1.82, 2.24) is 4.98 Å². The number of hydrogen-bond donors (Lipinski definition) is 0. The highest BCUT2D eigenvalue weighted by atomic mass is 19.4. The second kappa shape index (κ2) is 4.78. The highest BCUT2D eigenvalue weighted by Crippen LogP contribution is 2.34. The van der Waals surface area contributed by atoms with E-state index in [1.54, 1.807) is 6.07 Å². The summed E-state index contributed by atoms with van der Waals surface area (Å²) in [5, 5.41) is 8.69. The van der Waals surface area contributed by atoms with Gasteiger partial charge in [-0.3, -0.25) is 0 Å². The zero-order valence-electron chi connectivity index (χ0n) is 8.83. The van der Waals surface area contributed by atoms with E-state index in [-0.39, 0.29) is 11.4 Å². The average molecular weight is 248 g/mol. The van der Waals surface area contributed by atoms with Crippen LogP contribution in [0.5, 0.6) is 17.5 Å². The fourth-order valence-corrected chi connectivity index (χ4v) is 1.04. The van der Waals surface area contributed by atoms with Crippen molar-refractivity contribution in [1.29, 1.82) is 5.26 Å². The predicted molar refractivity (Wildman–Crippen MR) is 48.7 cm³/mol. The lowest BCUT2D eigenvalue weighted by Crippen LogP contribution is -2.18. The summed E-state index contributed by atoms with van der Waals surface area (Å²) in [6, 6.07) is 2.48. The molecule has 0 saturated heterocycles. The van der Waals surface area contributed by atoms with Crippen molar-refractivity contribution < 1.29 is 27.4 Å². The van der Waals surface area contributed by atoms with Gasteiger partial charge in [-0.15, -0.1) is 13.2 Å². The largest absolute Gasteiger partial charge is 0.573 e. The molecule has 0 bridgehead atoms. The Labute approximate surface area is 94.3 Å². The predicted octanol–water partition coefficient (Wildman–Crippen LogP) is 1.87. The summed E-state index contributed by atoms with van der Waals surface area (Å²) in [6.45, 7) is 0. The molecule has 0 atom stereocenters. The van der Waals surface area contributed by atoms with E-state index in [0.29, 0.717) is 0 Å². The maximum absolute atomic E-state index is 12.1. The molecular weight excluding hydrogens is 241 g/mol. The fraction of sp³-hybridized carbons (Fsp3) is 0.333. The van der Waals surface area contributed by atoms with E-state index in [1.807, 2.05) is 0 Å². The van der Waals surface area contributed by atoms with Gasteiger partial charge in [0.2, 0.25) is 5.88 Å². The smallest absolute Gasteiger partial charge is 0.480 e. The summed E-state index contributed by atoms with van der Waals surface area (Å²) in [7, 11) is 2.35. The summed E-state index contributed by atoms with van der Waals surface area (Å²) in [4.78, 5) is 3.57. The van der Waals surface area contributed by atoms with Crippen LogP contribution >= 0.6 is 0 Å². The Morgan fingerprint density at radius 2 is 1.82 bits per heavy atom. The number of aromatic nitrogens is 1. The number of hydrogen-bond acceptors (Lipinski definition) is 5. The molecular formula is C9H7F3N2O3. The first kappa shape index (κ1) is 12.9. The second-order valence-corrected chi connectivity index (χ2v) is 2.71. The van der Waals surface area contributed by atoms with Gasteiger partial charge in [0.1, 0.15) is 11.6 Å². The first-order valence-electron chi connectivity index (χ1n) is 4.20. The molecule has 0 radical (unpaired) electrons. The van der Waals surface area contributed by atoms with Crippen LogP contribution in [0, 0.1) is 11.3 Å². The quantitative estimate of drug-likeness (QED) is 0.816. The number of alkyl halides is 3. The van der Waals surface area contributed by atoms with Crippen molar-refractivity contribution >= 4 is 0 Å². The molecule has 8 heteroatoms. The lowest BCUT2D eigenvalue weighted by molar-refractivity contribution is -0.275. The average Bonchev–Trinajstić information content (AvgIpc) is 2.26. The standard InChI is InChI=1S/C9H7F3N2O3/c1-15-7-5(4-13)3-6(8(14-7)16-2)17-9(10,11)12/h3H,1-2H3. The molecule has 0 spiro atoms. The van der Waals surface area contributed by atoms with Crippen molar-refractivity contribution in [2.24, 2.45) is 0 Å². The minimum atomic E-state index is -4.89. The van der Waals surface area contributed by atoms with E-state index in [1.165, 1.54) is 7.11 Å². The molecule has 1 aromatic rings. The molecule has 0 aliphatic heterocycles. The highest BCUT2D eigenvalue weighted by molar-refractivity contribution is 5.48. The topological polar surface area (TPSA) is 64.4 Å². The minimum Gasteiger partial charge on any atom is -0.480 e. The van der Waals surface area contributed by atoms with Gasteiger partial charge in [-0.25, -0.2) is 0 Å². The number of halogens is 3. The second-order valence-electron chi connectivity index (χ2n) is 2.71. The van der Waals surface area contributed by atoms with Crippen molar-refractivity contribution in [3.63, 3.8) is 0 Å². The Morgan fingerprint density at radius 1 is 1.24 bits per heavy atom. The molecule has 0 aliphatic carbocycles. The molecule has 17 heavy (non-hydrogen) atoms. The Balaban J connectivity index is 3.25. The van der Waals surface area contributed by atoms with Gasteiger partial charge < -0.3 is 14.2 Å². The van der Waals surface area contributed by atoms with Gasteiger partial charge in [-0.05, 0) is 0 Å². The SMILES string of the molecule is COc1nc(OC)c(OC(F)(F)F)cc1C#N. The number of rotatable bonds is 3. The van der Waals surface area contributed by atoms with Crippen LogP contribution in [0.15, 0.2) is 6.07 Å².